The third-order valence-electron chi connectivity index (χ3n) is 3.09. The summed E-state index contributed by atoms with van der Waals surface area (Å²) in [5.41, 5.74) is 1.29. The minimum Gasteiger partial charge on any atom is -0.475 e. The van der Waals surface area contributed by atoms with E-state index in [0.717, 1.165) is 0 Å². The summed E-state index contributed by atoms with van der Waals surface area (Å²) in [6.45, 7) is 5.66. The number of carbonyl (C=O) groups is 1. The van der Waals surface area contributed by atoms with E-state index in [2.05, 4.69) is 15.1 Å². The van der Waals surface area contributed by atoms with E-state index in [0.29, 0.717) is 16.8 Å². The Labute approximate surface area is 120 Å². The molecule has 7 nitrogen and oxygen atoms in total. The molecule has 0 fully saturated rings. The molecule has 0 saturated carbocycles. The van der Waals surface area contributed by atoms with Crippen LogP contribution in [-0.2, 0) is 5.41 Å². The number of aromatic carboxylic acids is 1. The van der Waals surface area contributed by atoms with E-state index >= 15 is 0 Å². The van der Waals surface area contributed by atoms with Crippen molar-refractivity contribution in [3.8, 4) is 11.5 Å². The molecular formula is C14H14N4O3. The zero-order valence-electron chi connectivity index (χ0n) is 11.9. The number of carboxylic acid groups (broad SMARTS) is 1. The summed E-state index contributed by atoms with van der Waals surface area (Å²) in [6, 6.07) is 0. The lowest BCUT2D eigenvalue weighted by atomic mass is 9.91. The number of fused-ring (bicyclic) bond motifs is 1. The fraction of sp³-hybridized carbons (Fsp3) is 0.286. The second kappa shape index (κ2) is 4.41. The maximum atomic E-state index is 11.3. The third-order valence-corrected chi connectivity index (χ3v) is 3.09. The van der Waals surface area contributed by atoms with Crippen molar-refractivity contribution < 1.29 is 14.3 Å². The predicted molar refractivity (Wildman–Crippen MR) is 74.1 cm³/mol. The van der Waals surface area contributed by atoms with Crippen LogP contribution in [0.2, 0.25) is 0 Å². The predicted octanol–water partition coefficient (Wildman–Crippen LogP) is 2.38. The highest BCUT2D eigenvalue weighted by Gasteiger charge is 2.29. The zero-order valence-corrected chi connectivity index (χ0v) is 11.9. The first-order valence-corrected chi connectivity index (χ1v) is 6.40. The van der Waals surface area contributed by atoms with Crippen molar-refractivity contribution in [2.45, 2.75) is 26.2 Å². The van der Waals surface area contributed by atoms with Gasteiger partial charge in [-0.25, -0.2) is 14.3 Å². The highest BCUT2D eigenvalue weighted by Crippen LogP contribution is 2.31. The van der Waals surface area contributed by atoms with Gasteiger partial charge in [0.2, 0.25) is 11.7 Å². The number of aromatic nitrogens is 4. The Morgan fingerprint density at radius 3 is 2.71 bits per heavy atom. The number of hydrogen-bond donors (Lipinski definition) is 1. The van der Waals surface area contributed by atoms with Crippen LogP contribution in [0.5, 0.6) is 0 Å². The van der Waals surface area contributed by atoms with Gasteiger partial charge in [-0.1, -0.05) is 20.8 Å². The van der Waals surface area contributed by atoms with Crippen molar-refractivity contribution in [2.75, 3.05) is 0 Å². The molecule has 0 aliphatic heterocycles. The number of carboxylic acids is 1. The molecule has 3 aromatic heterocycles. The Morgan fingerprint density at radius 2 is 2.10 bits per heavy atom. The van der Waals surface area contributed by atoms with Gasteiger partial charge in [0.15, 0.2) is 0 Å². The molecule has 0 atom stereocenters. The molecule has 0 aliphatic rings. The molecule has 1 N–H and O–H groups in total. The Hall–Kier alpha value is -2.70. The van der Waals surface area contributed by atoms with Gasteiger partial charge in [-0.3, -0.25) is 4.98 Å². The molecule has 0 unspecified atom stereocenters. The van der Waals surface area contributed by atoms with Gasteiger partial charge in [-0.2, -0.15) is 5.10 Å². The molecule has 21 heavy (non-hydrogen) atoms. The molecule has 0 aliphatic carbocycles. The van der Waals surface area contributed by atoms with Crippen LogP contribution in [0.15, 0.2) is 29.2 Å². The van der Waals surface area contributed by atoms with Gasteiger partial charge in [-0.05, 0) is 0 Å². The summed E-state index contributed by atoms with van der Waals surface area (Å²) in [5.74, 6) is -1.03. The van der Waals surface area contributed by atoms with Gasteiger partial charge >= 0.3 is 5.97 Å². The second-order valence-electron chi connectivity index (χ2n) is 5.72. The molecule has 108 valence electrons. The maximum absolute atomic E-state index is 11.3. The van der Waals surface area contributed by atoms with Gasteiger partial charge in [-0.15, -0.1) is 0 Å². The summed E-state index contributed by atoms with van der Waals surface area (Å²) in [4.78, 5) is 19.8. The smallest absolute Gasteiger partial charge is 0.373 e. The van der Waals surface area contributed by atoms with Crippen LogP contribution in [0, 0.1) is 0 Å². The largest absolute Gasteiger partial charge is 0.475 e. The average molecular weight is 286 g/mol. The van der Waals surface area contributed by atoms with Crippen LogP contribution < -0.4 is 0 Å². The maximum Gasteiger partial charge on any atom is 0.373 e. The van der Waals surface area contributed by atoms with Crippen LogP contribution in [0.25, 0.3) is 17.0 Å². The summed E-state index contributed by atoms with van der Waals surface area (Å²) >= 11 is 0. The summed E-state index contributed by atoms with van der Waals surface area (Å²) in [7, 11) is 0. The van der Waals surface area contributed by atoms with Crippen molar-refractivity contribution in [1.29, 1.82) is 0 Å². The van der Waals surface area contributed by atoms with Crippen LogP contribution >= 0.6 is 0 Å². The van der Waals surface area contributed by atoms with Gasteiger partial charge in [0.1, 0.15) is 5.69 Å². The van der Waals surface area contributed by atoms with E-state index in [1.807, 2.05) is 20.8 Å². The molecular weight excluding hydrogens is 272 g/mol. The standard InChI is InChI=1S/C14H14N4O3/c1-14(2,3)11-10(13(19)20)21-12(17-11)8-6-16-18-5-4-15-7-9(8)18/h4-7H,1-3H3,(H,19,20). The first-order chi connectivity index (χ1) is 9.88. The monoisotopic (exact) mass is 286 g/mol. The summed E-state index contributed by atoms with van der Waals surface area (Å²) in [5, 5.41) is 13.5. The SMILES string of the molecule is CC(C)(C)c1nc(-c2cnn3ccncc23)oc1C(=O)O. The third kappa shape index (κ3) is 2.16. The highest BCUT2D eigenvalue weighted by atomic mass is 16.4. The zero-order chi connectivity index (χ0) is 15.2. The fourth-order valence-corrected chi connectivity index (χ4v) is 2.09. The molecule has 0 radical (unpaired) electrons. The van der Waals surface area contributed by atoms with E-state index in [1.165, 1.54) is 0 Å². The molecule has 3 rings (SSSR count). The van der Waals surface area contributed by atoms with Gasteiger partial charge in [0, 0.05) is 17.8 Å². The quantitative estimate of drug-likeness (QED) is 0.777. The topological polar surface area (TPSA) is 93.5 Å². The average Bonchev–Trinajstić information content (AvgIpc) is 3.01. The molecule has 7 heteroatoms. The molecule has 0 spiro atoms. The van der Waals surface area contributed by atoms with Gasteiger partial charge in [0.25, 0.3) is 0 Å². The van der Waals surface area contributed by atoms with Crippen molar-refractivity contribution in [1.82, 2.24) is 19.6 Å². The molecule has 0 saturated heterocycles. The van der Waals surface area contributed by atoms with Crippen molar-refractivity contribution in [3.63, 3.8) is 0 Å². The molecule has 0 aromatic carbocycles. The van der Waals surface area contributed by atoms with Gasteiger partial charge < -0.3 is 9.52 Å². The van der Waals surface area contributed by atoms with E-state index in [-0.39, 0.29) is 11.7 Å². The van der Waals surface area contributed by atoms with Crippen molar-refractivity contribution in [3.05, 3.63) is 36.2 Å². The number of hydrogen-bond acceptors (Lipinski definition) is 5. The Morgan fingerprint density at radius 1 is 1.33 bits per heavy atom. The lowest BCUT2D eigenvalue weighted by Gasteiger charge is -2.14. The lowest BCUT2D eigenvalue weighted by molar-refractivity contribution is 0.0659. The second-order valence-corrected chi connectivity index (χ2v) is 5.72. The first kappa shape index (κ1) is 13.3. The first-order valence-electron chi connectivity index (χ1n) is 6.40. The Balaban J connectivity index is 2.22. The van der Waals surface area contributed by atoms with Crippen LogP contribution in [0.3, 0.4) is 0 Å². The number of nitrogens with zero attached hydrogens (tertiary/aromatic N) is 4. The number of rotatable bonds is 2. The normalized spacial score (nSPS) is 12.0. The van der Waals surface area contributed by atoms with Gasteiger partial charge in [0.05, 0.1) is 23.5 Å². The van der Waals surface area contributed by atoms with Crippen LogP contribution in [0.1, 0.15) is 37.0 Å². The summed E-state index contributed by atoms with van der Waals surface area (Å²) < 4.78 is 7.09. The minimum atomic E-state index is -1.13. The lowest BCUT2D eigenvalue weighted by Crippen LogP contribution is -2.16. The molecule has 3 aromatic rings. The highest BCUT2D eigenvalue weighted by molar-refractivity contribution is 5.87. The van der Waals surface area contributed by atoms with Crippen LogP contribution in [-0.4, -0.2) is 30.7 Å². The van der Waals surface area contributed by atoms with Crippen LogP contribution in [0.4, 0.5) is 0 Å². The number of oxazole rings is 1. The molecule has 0 bridgehead atoms. The molecule has 3 heterocycles. The van der Waals surface area contributed by atoms with Crippen molar-refractivity contribution in [2.24, 2.45) is 0 Å². The summed E-state index contributed by atoms with van der Waals surface area (Å²) in [6.07, 6.45) is 6.53. The Kier molecular flexibility index (Phi) is 2.79. The Bertz CT molecular complexity index is 826. The van der Waals surface area contributed by atoms with E-state index in [1.54, 1.807) is 29.3 Å². The fourth-order valence-electron chi connectivity index (χ4n) is 2.09. The van der Waals surface area contributed by atoms with E-state index in [4.69, 9.17) is 4.42 Å². The van der Waals surface area contributed by atoms with Crippen molar-refractivity contribution >= 4 is 11.5 Å². The molecule has 0 amide bonds. The van der Waals surface area contributed by atoms with E-state index in [9.17, 15) is 9.90 Å². The minimum absolute atomic E-state index is 0.138. The van der Waals surface area contributed by atoms with E-state index < -0.39 is 11.4 Å².